The second-order valence-corrected chi connectivity index (χ2v) is 9.01. The lowest BCUT2D eigenvalue weighted by molar-refractivity contribution is 0.154. The summed E-state index contributed by atoms with van der Waals surface area (Å²) in [6.45, 7) is 5.21. The normalized spacial score (nSPS) is 13.5. The van der Waals surface area contributed by atoms with Gasteiger partial charge in [0.2, 0.25) is 3.79 Å². The molecule has 0 aliphatic heterocycles. The van der Waals surface area contributed by atoms with E-state index in [9.17, 15) is 9.90 Å². The molecule has 1 rings (SSSR count). The summed E-state index contributed by atoms with van der Waals surface area (Å²) < 4.78 is 3.13. The molecular weight excluding hydrogens is 401 g/mol. The van der Waals surface area contributed by atoms with Crippen LogP contribution in [0.4, 0.5) is 10.5 Å². The van der Waals surface area contributed by atoms with E-state index in [-0.39, 0.29) is 17.9 Å². The number of hydrogen-bond acceptors (Lipinski definition) is 5. The van der Waals surface area contributed by atoms with Crippen molar-refractivity contribution in [1.82, 2.24) is 5.32 Å². The van der Waals surface area contributed by atoms with E-state index in [4.69, 9.17) is 45.3 Å². The molecule has 4 N–H and O–H groups in total. The van der Waals surface area contributed by atoms with Crippen LogP contribution in [0.5, 0.6) is 0 Å². The highest BCUT2D eigenvalue weighted by atomic mass is 35.6. The number of carbonyl (C=O) groups excluding carboxylic acids is 1. The number of aliphatic imine (C=N–C) groups is 1. The van der Waals surface area contributed by atoms with E-state index in [0.29, 0.717) is 16.9 Å². The highest BCUT2D eigenvalue weighted by Crippen LogP contribution is 2.26. The number of nitrogens with zero attached hydrogens (tertiary/aromatic N) is 1. The number of alkyl carbamates (subject to hydrolysis) is 1. The van der Waals surface area contributed by atoms with Crippen molar-refractivity contribution < 1.29 is 14.6 Å². The van der Waals surface area contributed by atoms with Gasteiger partial charge in [-0.3, -0.25) is 5.32 Å². The topological polar surface area (TPSA) is 96.9 Å². The predicted octanol–water partition coefficient (Wildman–Crippen LogP) is 4.19. The molecule has 0 fully saturated rings. The lowest BCUT2D eigenvalue weighted by atomic mass is 9.92. The number of nitrogens with two attached hydrogens (primary N) is 1. The molecule has 0 saturated carbocycles. The first-order chi connectivity index (χ1) is 11.9. The minimum absolute atomic E-state index is 0.128. The van der Waals surface area contributed by atoms with Crippen LogP contribution in [0.1, 0.15) is 26.3 Å². The van der Waals surface area contributed by atoms with E-state index in [0.717, 1.165) is 0 Å². The van der Waals surface area contributed by atoms with Crippen LogP contribution in [0.3, 0.4) is 0 Å². The van der Waals surface area contributed by atoms with E-state index in [2.05, 4.69) is 10.3 Å². The zero-order valence-electron chi connectivity index (χ0n) is 14.7. The summed E-state index contributed by atoms with van der Waals surface area (Å²) in [6, 6.07) is 6.88. The molecule has 0 heterocycles. The lowest BCUT2D eigenvalue weighted by Gasteiger charge is -2.19. The van der Waals surface area contributed by atoms with E-state index in [1.165, 1.54) is 6.08 Å². The van der Waals surface area contributed by atoms with Gasteiger partial charge in [0.15, 0.2) is 0 Å². The molecule has 1 amide bonds. The van der Waals surface area contributed by atoms with Crippen LogP contribution in [0.2, 0.25) is 0 Å². The van der Waals surface area contributed by atoms with Gasteiger partial charge in [-0.15, -0.1) is 0 Å². The molecule has 0 spiro atoms. The van der Waals surface area contributed by atoms with Gasteiger partial charge < -0.3 is 15.6 Å². The highest BCUT2D eigenvalue weighted by Gasteiger charge is 2.22. The number of rotatable bonds is 4. The zero-order chi connectivity index (χ0) is 20.0. The lowest BCUT2D eigenvalue weighted by Crippen LogP contribution is -2.33. The summed E-state index contributed by atoms with van der Waals surface area (Å²) in [7, 11) is 0. The first kappa shape index (κ1) is 22.6. The van der Waals surface area contributed by atoms with Crippen molar-refractivity contribution in [3.63, 3.8) is 0 Å². The summed E-state index contributed by atoms with van der Waals surface area (Å²) in [6.07, 6.45) is 0.689. The Balaban J connectivity index is 3.09. The number of amidine groups is 1. The second-order valence-electron chi connectivity index (χ2n) is 6.49. The standard InChI is InChI=1S/C17H22Cl3N3O3/c1-16(2,3)13(21)8-14(23-15(25)26-10-17(18,19)20)22-12-6-4-5-11(7-12)9-24/h4-8,24H,9-10,21H2,1-3H3,(H,22,23,25). The van der Waals surface area contributed by atoms with Crippen LogP contribution in [0, 0.1) is 5.41 Å². The Morgan fingerprint density at radius 1 is 1.35 bits per heavy atom. The number of hydrogen-bond donors (Lipinski definition) is 3. The SMILES string of the molecule is CC(C)(C)C(N)=CC(=Nc1cccc(CO)c1)NC(=O)OCC(Cl)(Cl)Cl. The molecule has 0 aliphatic carbocycles. The quantitative estimate of drug-likeness (QED) is 0.385. The van der Waals surface area contributed by atoms with Crippen molar-refractivity contribution in [2.45, 2.75) is 31.2 Å². The summed E-state index contributed by atoms with van der Waals surface area (Å²) >= 11 is 16.7. The van der Waals surface area contributed by atoms with Crippen LogP contribution in [-0.4, -0.2) is 27.4 Å². The molecule has 0 bridgehead atoms. The molecule has 1 aromatic rings. The van der Waals surface area contributed by atoms with Gasteiger partial charge in [0.1, 0.15) is 12.4 Å². The van der Waals surface area contributed by atoms with Gasteiger partial charge in [-0.05, 0) is 17.7 Å². The average molecular weight is 423 g/mol. The fraction of sp³-hybridized carbons (Fsp3) is 0.412. The van der Waals surface area contributed by atoms with Gasteiger partial charge in [0, 0.05) is 17.2 Å². The maximum Gasteiger partial charge on any atom is 0.412 e. The Bertz CT molecular complexity index is 692. The third-order valence-corrected chi connectivity index (χ3v) is 3.43. The van der Waals surface area contributed by atoms with Crippen molar-refractivity contribution in [3.8, 4) is 0 Å². The smallest absolute Gasteiger partial charge is 0.412 e. The van der Waals surface area contributed by atoms with Gasteiger partial charge in [-0.25, -0.2) is 9.79 Å². The van der Waals surface area contributed by atoms with Crippen molar-refractivity contribution in [2.75, 3.05) is 6.61 Å². The van der Waals surface area contributed by atoms with Crippen LogP contribution >= 0.6 is 34.8 Å². The Morgan fingerprint density at radius 2 is 2.00 bits per heavy atom. The van der Waals surface area contributed by atoms with Gasteiger partial charge in [-0.2, -0.15) is 0 Å². The van der Waals surface area contributed by atoms with E-state index in [1.807, 2.05) is 20.8 Å². The maximum absolute atomic E-state index is 11.9. The first-order valence-corrected chi connectivity index (χ1v) is 8.81. The molecule has 0 saturated heterocycles. The molecule has 6 nitrogen and oxygen atoms in total. The van der Waals surface area contributed by atoms with E-state index >= 15 is 0 Å². The fourth-order valence-corrected chi connectivity index (χ4v) is 1.78. The average Bonchev–Trinajstić information content (AvgIpc) is 2.51. The summed E-state index contributed by atoms with van der Waals surface area (Å²) in [5.41, 5.74) is 7.42. The van der Waals surface area contributed by atoms with Crippen LogP contribution in [-0.2, 0) is 11.3 Å². The van der Waals surface area contributed by atoms with E-state index < -0.39 is 16.5 Å². The number of halogens is 3. The number of nitrogens with one attached hydrogen (secondary N) is 1. The molecule has 0 radical (unpaired) electrons. The first-order valence-electron chi connectivity index (χ1n) is 7.67. The van der Waals surface area contributed by atoms with E-state index in [1.54, 1.807) is 24.3 Å². The summed E-state index contributed by atoms with van der Waals surface area (Å²) in [4.78, 5) is 16.3. The Labute approximate surface area is 168 Å². The molecule has 0 unspecified atom stereocenters. The molecule has 0 aliphatic rings. The molecule has 144 valence electrons. The fourth-order valence-electron chi connectivity index (χ4n) is 1.61. The Kier molecular flexibility index (Phi) is 8.21. The van der Waals surface area contributed by atoms with Gasteiger partial charge in [0.25, 0.3) is 0 Å². The third kappa shape index (κ3) is 8.76. The van der Waals surface area contributed by atoms with Crippen molar-refractivity contribution in [1.29, 1.82) is 0 Å². The molecule has 26 heavy (non-hydrogen) atoms. The number of carbonyl (C=O) groups is 1. The number of amides is 1. The zero-order valence-corrected chi connectivity index (χ0v) is 17.0. The number of alkyl halides is 3. The minimum Gasteiger partial charge on any atom is -0.445 e. The largest absolute Gasteiger partial charge is 0.445 e. The second kappa shape index (κ2) is 9.46. The number of allylic oxidation sites excluding steroid dienone is 1. The monoisotopic (exact) mass is 421 g/mol. The van der Waals surface area contributed by atoms with Crippen molar-refractivity contribution >= 4 is 52.4 Å². The number of aliphatic hydroxyl groups excluding tert-OH is 1. The Hall–Kier alpha value is -1.47. The van der Waals surface area contributed by atoms with Crippen LogP contribution < -0.4 is 11.1 Å². The number of ether oxygens (including phenoxy) is 1. The van der Waals surface area contributed by atoms with Crippen molar-refractivity contribution in [3.05, 3.63) is 41.6 Å². The molecular formula is C17H22Cl3N3O3. The summed E-state index contributed by atoms with van der Waals surface area (Å²) in [5.74, 6) is 0.154. The van der Waals surface area contributed by atoms with Gasteiger partial charge in [-0.1, -0.05) is 67.7 Å². The molecule has 0 aromatic heterocycles. The van der Waals surface area contributed by atoms with Gasteiger partial charge >= 0.3 is 6.09 Å². The third-order valence-electron chi connectivity index (χ3n) is 3.10. The number of aliphatic hydroxyl groups is 1. The summed E-state index contributed by atoms with van der Waals surface area (Å²) in [5, 5.41) is 11.7. The molecule has 9 heteroatoms. The molecule has 0 atom stereocenters. The number of benzene rings is 1. The molecule has 1 aromatic carbocycles. The van der Waals surface area contributed by atoms with Gasteiger partial charge in [0.05, 0.1) is 12.3 Å². The Morgan fingerprint density at radius 3 is 2.54 bits per heavy atom. The highest BCUT2D eigenvalue weighted by molar-refractivity contribution is 6.67. The maximum atomic E-state index is 11.9. The van der Waals surface area contributed by atoms with Crippen LogP contribution in [0.25, 0.3) is 0 Å². The minimum atomic E-state index is -1.72. The van der Waals surface area contributed by atoms with Crippen molar-refractivity contribution in [2.24, 2.45) is 16.1 Å². The van der Waals surface area contributed by atoms with Crippen LogP contribution in [0.15, 0.2) is 41.0 Å². The predicted molar refractivity (Wildman–Crippen MR) is 106 cm³/mol.